The summed E-state index contributed by atoms with van der Waals surface area (Å²) in [6.07, 6.45) is 1.74. The summed E-state index contributed by atoms with van der Waals surface area (Å²) >= 11 is 0. The van der Waals surface area contributed by atoms with Crippen molar-refractivity contribution in [2.75, 3.05) is 0 Å². The Bertz CT molecular complexity index is 208. The lowest BCUT2D eigenvalue weighted by Gasteiger charge is -1.95. The van der Waals surface area contributed by atoms with Crippen LogP contribution in [0.1, 0.15) is 13.8 Å². The van der Waals surface area contributed by atoms with Gasteiger partial charge >= 0.3 is 5.97 Å². The van der Waals surface area contributed by atoms with Gasteiger partial charge < -0.3 is 5.11 Å². The van der Waals surface area contributed by atoms with Crippen LogP contribution in [0.3, 0.4) is 0 Å². The first-order chi connectivity index (χ1) is 5.01. The highest BCUT2D eigenvalue weighted by Crippen LogP contribution is 2.58. The maximum Gasteiger partial charge on any atom is 0.307 e. The van der Waals surface area contributed by atoms with E-state index in [0.717, 1.165) is 0 Å². The first-order valence-electron chi connectivity index (χ1n) is 3.51. The molecular weight excluding hydrogens is 147 g/mol. The van der Waals surface area contributed by atoms with Gasteiger partial charge in [0.05, 0.1) is 12.2 Å². The lowest BCUT2D eigenvalue weighted by Crippen LogP contribution is -2.02. The number of rotatable bonds is 2. The first-order valence-corrected chi connectivity index (χ1v) is 3.51. The van der Waals surface area contributed by atoms with Gasteiger partial charge in [0.2, 0.25) is 0 Å². The monoisotopic (exact) mass is 158 g/mol. The normalized spacial score (nSPS) is 34.1. The van der Waals surface area contributed by atoms with E-state index >= 15 is 0 Å². The summed E-state index contributed by atoms with van der Waals surface area (Å²) < 4.78 is 11.7. The quantitative estimate of drug-likeness (QED) is 0.665. The van der Waals surface area contributed by atoms with E-state index < -0.39 is 11.9 Å². The van der Waals surface area contributed by atoms with Crippen LogP contribution >= 0.6 is 0 Å². The van der Waals surface area contributed by atoms with Gasteiger partial charge in [0.25, 0.3) is 0 Å². The Balaban J connectivity index is 2.68. The fourth-order valence-electron chi connectivity index (χ4n) is 1.59. The Morgan fingerprint density at radius 2 is 2.18 bits per heavy atom. The van der Waals surface area contributed by atoms with Gasteiger partial charge in [0.1, 0.15) is 0 Å². The number of hydrogen-bond acceptors (Lipinski definition) is 1. The first kappa shape index (κ1) is 8.24. The molecule has 0 aromatic heterocycles. The summed E-state index contributed by atoms with van der Waals surface area (Å²) in [5.41, 5.74) is -0.269. The maximum atomic E-state index is 11.7. The third-order valence-electron chi connectivity index (χ3n) is 2.46. The summed E-state index contributed by atoms with van der Waals surface area (Å²) in [5, 5.41) is 8.63. The molecule has 0 aromatic rings. The van der Waals surface area contributed by atoms with Crippen molar-refractivity contribution in [2.24, 2.45) is 17.3 Å². The molecule has 0 radical (unpaired) electrons. The van der Waals surface area contributed by atoms with Crippen LogP contribution < -0.4 is 0 Å². The molecule has 11 heavy (non-hydrogen) atoms. The van der Waals surface area contributed by atoms with Crippen LogP contribution in [0.5, 0.6) is 0 Å². The lowest BCUT2D eigenvalue weighted by atomic mass is 10.1. The van der Waals surface area contributed by atoms with Gasteiger partial charge in [-0.2, -0.15) is 0 Å². The Hall–Kier alpha value is -0.860. The van der Waals surface area contributed by atoms with E-state index in [2.05, 4.69) is 0 Å². The smallest absolute Gasteiger partial charge is 0.307 e. The molecule has 0 saturated heterocycles. The third-order valence-corrected chi connectivity index (χ3v) is 2.46. The van der Waals surface area contributed by atoms with Gasteiger partial charge in [0.15, 0.2) is 0 Å². The summed E-state index contributed by atoms with van der Waals surface area (Å²) in [4.78, 5) is 10.5. The molecule has 2 nitrogen and oxygen atoms in total. The van der Waals surface area contributed by atoms with E-state index in [9.17, 15) is 9.18 Å². The van der Waals surface area contributed by atoms with E-state index in [1.807, 2.05) is 13.8 Å². The molecule has 2 atom stereocenters. The second kappa shape index (κ2) is 2.32. The molecular formula is C8H11FO2. The lowest BCUT2D eigenvalue weighted by molar-refractivity contribution is -0.139. The minimum absolute atomic E-state index is 0.134. The number of allylic oxidation sites excluding steroid dienone is 1. The number of hydrogen-bond donors (Lipinski definition) is 1. The topological polar surface area (TPSA) is 37.3 Å². The molecule has 1 fully saturated rings. The second-order valence-corrected chi connectivity index (χ2v) is 3.48. The van der Waals surface area contributed by atoms with Crippen molar-refractivity contribution in [1.82, 2.24) is 0 Å². The number of carboxylic acid groups (broad SMARTS) is 1. The SMILES string of the molecule is CC1(C)[C@H](/C=C/F)[C@@H]1C(=O)O. The predicted molar refractivity (Wildman–Crippen MR) is 38.6 cm³/mol. The van der Waals surface area contributed by atoms with Crippen LogP contribution in [-0.2, 0) is 4.79 Å². The molecule has 0 bridgehead atoms. The van der Waals surface area contributed by atoms with Crippen molar-refractivity contribution >= 4 is 5.97 Å². The predicted octanol–water partition coefficient (Wildman–Crippen LogP) is 1.83. The summed E-state index contributed by atoms with van der Waals surface area (Å²) in [6, 6.07) is 0. The zero-order valence-electron chi connectivity index (χ0n) is 6.54. The van der Waals surface area contributed by atoms with Crippen LogP contribution in [0.4, 0.5) is 4.39 Å². The molecule has 1 saturated carbocycles. The van der Waals surface area contributed by atoms with Gasteiger partial charge in [-0.15, -0.1) is 0 Å². The van der Waals surface area contributed by atoms with E-state index in [-0.39, 0.29) is 11.3 Å². The van der Waals surface area contributed by atoms with Gasteiger partial charge in [-0.05, 0) is 11.3 Å². The zero-order chi connectivity index (χ0) is 8.65. The number of carbonyl (C=O) groups is 1. The van der Waals surface area contributed by atoms with Crippen molar-refractivity contribution in [3.05, 3.63) is 12.4 Å². The molecule has 1 aliphatic rings. The highest BCUT2D eigenvalue weighted by molar-refractivity contribution is 5.76. The molecule has 1 aliphatic carbocycles. The van der Waals surface area contributed by atoms with Crippen LogP contribution in [0.2, 0.25) is 0 Å². The van der Waals surface area contributed by atoms with Gasteiger partial charge in [-0.1, -0.05) is 19.9 Å². The van der Waals surface area contributed by atoms with Crippen molar-refractivity contribution in [2.45, 2.75) is 13.8 Å². The third kappa shape index (κ3) is 1.15. The number of carboxylic acids is 1. The maximum absolute atomic E-state index is 11.7. The van der Waals surface area contributed by atoms with Gasteiger partial charge in [-0.25, -0.2) is 4.39 Å². The van der Waals surface area contributed by atoms with Crippen LogP contribution in [-0.4, -0.2) is 11.1 Å². The van der Waals surface area contributed by atoms with Gasteiger partial charge in [0, 0.05) is 0 Å². The van der Waals surface area contributed by atoms with Crippen molar-refractivity contribution < 1.29 is 14.3 Å². The van der Waals surface area contributed by atoms with Crippen LogP contribution in [0.15, 0.2) is 12.4 Å². The molecule has 3 heteroatoms. The fraction of sp³-hybridized carbons (Fsp3) is 0.625. The summed E-state index contributed by atoms with van der Waals surface area (Å²) in [5.74, 6) is -1.38. The summed E-state index contributed by atoms with van der Waals surface area (Å²) in [7, 11) is 0. The van der Waals surface area contributed by atoms with Gasteiger partial charge in [-0.3, -0.25) is 4.79 Å². The molecule has 0 spiro atoms. The molecule has 0 amide bonds. The van der Waals surface area contributed by atoms with Crippen molar-refractivity contribution in [1.29, 1.82) is 0 Å². The van der Waals surface area contributed by atoms with Crippen molar-refractivity contribution in [3.63, 3.8) is 0 Å². The fourth-order valence-corrected chi connectivity index (χ4v) is 1.59. The molecule has 1 N–H and O–H groups in total. The van der Waals surface area contributed by atoms with E-state index in [4.69, 9.17) is 5.11 Å². The van der Waals surface area contributed by atoms with Crippen LogP contribution in [0.25, 0.3) is 0 Å². The molecule has 0 aromatic carbocycles. The largest absolute Gasteiger partial charge is 0.481 e. The number of halogens is 1. The molecule has 0 aliphatic heterocycles. The summed E-state index contributed by atoms with van der Waals surface area (Å²) in [6.45, 7) is 3.66. The zero-order valence-corrected chi connectivity index (χ0v) is 6.54. The number of aliphatic carboxylic acids is 1. The molecule has 1 rings (SSSR count). The average molecular weight is 158 g/mol. The highest BCUT2D eigenvalue weighted by Gasteiger charge is 2.60. The molecule has 0 unspecified atom stereocenters. The Morgan fingerprint density at radius 1 is 1.64 bits per heavy atom. The molecule has 0 heterocycles. The van der Waals surface area contributed by atoms with E-state index in [1.54, 1.807) is 0 Å². The second-order valence-electron chi connectivity index (χ2n) is 3.48. The standard InChI is InChI=1S/C8H11FO2/c1-8(2)5(3-4-9)6(8)7(10)11/h3-6H,1-2H3,(H,10,11)/b4-3+/t5-,6-/m1/s1. The Morgan fingerprint density at radius 3 is 2.45 bits per heavy atom. The minimum atomic E-state index is -0.835. The average Bonchev–Trinajstić information content (AvgIpc) is 2.35. The minimum Gasteiger partial charge on any atom is -0.481 e. The molecule has 62 valence electrons. The van der Waals surface area contributed by atoms with Crippen LogP contribution in [0, 0.1) is 17.3 Å². The Kier molecular flexibility index (Phi) is 1.74. The highest BCUT2D eigenvalue weighted by atomic mass is 19.1. The Labute approximate surface area is 64.7 Å². The van der Waals surface area contributed by atoms with E-state index in [1.165, 1.54) is 6.08 Å². The van der Waals surface area contributed by atoms with E-state index in [0.29, 0.717) is 6.33 Å². The van der Waals surface area contributed by atoms with Crippen molar-refractivity contribution in [3.8, 4) is 0 Å².